The molecule has 0 aliphatic heterocycles. The number of hydrogen-bond acceptors (Lipinski definition) is 2. The number of halogens is 3. The van der Waals surface area contributed by atoms with E-state index in [9.17, 15) is 13.2 Å². The van der Waals surface area contributed by atoms with E-state index in [1.165, 1.54) is 23.5 Å². The van der Waals surface area contributed by atoms with Gasteiger partial charge in [-0.1, -0.05) is 0 Å². The number of thiazole rings is 1. The summed E-state index contributed by atoms with van der Waals surface area (Å²) in [7, 11) is 0. The van der Waals surface area contributed by atoms with Crippen molar-refractivity contribution in [1.82, 2.24) is 4.57 Å². The molecule has 0 unspecified atom stereocenters. The minimum atomic E-state index is -4.32. The van der Waals surface area contributed by atoms with Crippen LogP contribution in [0.2, 0.25) is 0 Å². The Morgan fingerprint density at radius 3 is 2.18 bits per heavy atom. The van der Waals surface area contributed by atoms with Gasteiger partial charge in [-0.3, -0.25) is 9.98 Å². The van der Waals surface area contributed by atoms with Gasteiger partial charge in [0.1, 0.15) is 0 Å². The highest BCUT2D eigenvalue weighted by molar-refractivity contribution is 7.09. The average Bonchev–Trinajstić information content (AvgIpc) is 2.57. The molecular weight excluding hydrogens is 249 g/mol. The molecule has 1 heterocycles. The van der Waals surface area contributed by atoms with Gasteiger partial charge >= 0.3 is 6.18 Å². The molecule has 2 nitrogen and oxygen atoms in total. The summed E-state index contributed by atoms with van der Waals surface area (Å²) >= 11 is 1.28. The van der Waals surface area contributed by atoms with Gasteiger partial charge in [0.05, 0.1) is 5.56 Å². The zero-order valence-corrected chi connectivity index (χ0v) is 9.69. The minimum absolute atomic E-state index is 0.294. The lowest BCUT2D eigenvalue weighted by molar-refractivity contribution is -0.137. The van der Waals surface area contributed by atoms with Crippen LogP contribution in [-0.4, -0.2) is 4.57 Å². The van der Waals surface area contributed by atoms with Crippen LogP contribution in [0.3, 0.4) is 0 Å². The van der Waals surface area contributed by atoms with Crippen LogP contribution in [0.5, 0.6) is 0 Å². The maximum Gasteiger partial charge on any atom is 0.416 e. The molecule has 0 saturated carbocycles. The molecule has 0 spiro atoms. The monoisotopic (exact) mass is 258 g/mol. The second-order valence-electron chi connectivity index (χ2n) is 3.56. The summed E-state index contributed by atoms with van der Waals surface area (Å²) in [5, 5.41) is 7.66. The summed E-state index contributed by atoms with van der Waals surface area (Å²) in [6.45, 7) is 1.85. The summed E-state index contributed by atoms with van der Waals surface area (Å²) in [5.41, 5.74) is -0.118. The number of rotatable bonds is 1. The van der Waals surface area contributed by atoms with Crippen molar-refractivity contribution in [3.8, 4) is 5.69 Å². The van der Waals surface area contributed by atoms with Crippen LogP contribution in [0.15, 0.2) is 30.5 Å². The maximum atomic E-state index is 12.4. The number of aryl methyl sites for hydroxylation is 1. The van der Waals surface area contributed by atoms with Gasteiger partial charge in [-0.15, -0.1) is 11.3 Å². The van der Waals surface area contributed by atoms with E-state index >= 15 is 0 Å². The third-order valence-corrected chi connectivity index (χ3v) is 3.08. The van der Waals surface area contributed by atoms with E-state index in [2.05, 4.69) is 0 Å². The van der Waals surface area contributed by atoms with E-state index in [1.807, 2.05) is 6.92 Å². The number of nitrogens with zero attached hydrogens (tertiary/aromatic N) is 1. The van der Waals surface area contributed by atoms with Gasteiger partial charge in [-0.05, 0) is 31.2 Å². The number of hydrogen-bond donors (Lipinski definition) is 1. The number of benzene rings is 1. The topological polar surface area (TPSA) is 28.8 Å². The largest absolute Gasteiger partial charge is 0.416 e. The summed E-state index contributed by atoms with van der Waals surface area (Å²) in [6.07, 6.45) is -2.59. The SMILES string of the molecule is Cc1cn(-c2ccc(C(F)(F)F)cc2)c(=N)s1. The van der Waals surface area contributed by atoms with Crippen molar-refractivity contribution in [2.24, 2.45) is 0 Å². The van der Waals surface area contributed by atoms with Crippen LogP contribution < -0.4 is 4.80 Å². The molecule has 0 amide bonds. The third-order valence-electron chi connectivity index (χ3n) is 2.26. The highest BCUT2D eigenvalue weighted by Crippen LogP contribution is 2.29. The van der Waals surface area contributed by atoms with Gasteiger partial charge in [0.2, 0.25) is 0 Å². The number of aromatic nitrogens is 1. The van der Waals surface area contributed by atoms with Gasteiger partial charge in [-0.25, -0.2) is 0 Å². The first-order valence-corrected chi connectivity index (χ1v) is 5.61. The van der Waals surface area contributed by atoms with E-state index < -0.39 is 11.7 Å². The first kappa shape index (κ1) is 11.9. The van der Waals surface area contributed by atoms with Gasteiger partial charge < -0.3 is 0 Å². The van der Waals surface area contributed by atoms with Crippen LogP contribution >= 0.6 is 11.3 Å². The second kappa shape index (κ2) is 4.03. The van der Waals surface area contributed by atoms with Gasteiger partial charge in [0.15, 0.2) is 4.80 Å². The summed E-state index contributed by atoms with van der Waals surface area (Å²) < 4.78 is 38.6. The molecule has 1 aromatic heterocycles. The van der Waals surface area contributed by atoms with Crippen LogP contribution in [0.4, 0.5) is 13.2 Å². The molecule has 2 aromatic rings. The molecule has 0 atom stereocenters. The molecule has 2 rings (SSSR count). The summed E-state index contributed by atoms with van der Waals surface area (Å²) in [4.78, 5) is 1.23. The van der Waals surface area contributed by atoms with Gasteiger partial charge in [0, 0.05) is 16.8 Å². The fourth-order valence-corrected chi connectivity index (χ4v) is 2.19. The lowest BCUT2D eigenvalue weighted by atomic mass is 10.2. The molecule has 0 radical (unpaired) electrons. The highest BCUT2D eigenvalue weighted by Gasteiger charge is 2.29. The summed E-state index contributed by atoms with van der Waals surface area (Å²) in [6, 6.07) is 4.78. The molecule has 0 saturated heterocycles. The van der Waals surface area contributed by atoms with Crippen molar-refractivity contribution in [1.29, 1.82) is 5.41 Å². The Hall–Kier alpha value is -1.56. The fourth-order valence-electron chi connectivity index (χ4n) is 1.47. The van der Waals surface area contributed by atoms with Crippen molar-refractivity contribution in [2.45, 2.75) is 13.1 Å². The lowest BCUT2D eigenvalue weighted by Gasteiger charge is -2.07. The van der Waals surface area contributed by atoms with Crippen LogP contribution in [0.25, 0.3) is 5.69 Å². The Morgan fingerprint density at radius 2 is 1.76 bits per heavy atom. The van der Waals surface area contributed by atoms with Gasteiger partial charge in [-0.2, -0.15) is 13.2 Å². The van der Waals surface area contributed by atoms with Crippen LogP contribution in [0.1, 0.15) is 10.4 Å². The zero-order valence-electron chi connectivity index (χ0n) is 8.88. The molecule has 1 N–H and O–H groups in total. The number of nitrogens with one attached hydrogen (secondary N) is 1. The van der Waals surface area contributed by atoms with Crippen molar-refractivity contribution < 1.29 is 13.2 Å². The predicted molar refractivity (Wildman–Crippen MR) is 59.2 cm³/mol. The average molecular weight is 258 g/mol. The first-order valence-electron chi connectivity index (χ1n) is 4.79. The fraction of sp³-hybridized carbons (Fsp3) is 0.182. The Morgan fingerprint density at radius 1 is 1.18 bits per heavy atom. The normalized spacial score (nSPS) is 11.8. The zero-order chi connectivity index (χ0) is 12.6. The Kier molecular flexibility index (Phi) is 2.82. The molecular formula is C11H9F3N2S. The Labute approximate surface area is 99.5 Å². The maximum absolute atomic E-state index is 12.4. The molecule has 90 valence electrons. The smallest absolute Gasteiger partial charge is 0.293 e. The van der Waals surface area contributed by atoms with Gasteiger partial charge in [0.25, 0.3) is 0 Å². The Balaban J connectivity index is 2.43. The molecule has 0 fully saturated rings. The quantitative estimate of drug-likeness (QED) is 0.812. The molecule has 0 bridgehead atoms. The van der Waals surface area contributed by atoms with Crippen LogP contribution in [-0.2, 0) is 6.18 Å². The Bertz CT molecular complexity index is 578. The predicted octanol–water partition coefficient (Wildman–Crippen LogP) is 3.35. The highest BCUT2D eigenvalue weighted by atomic mass is 32.1. The molecule has 6 heteroatoms. The number of alkyl halides is 3. The van der Waals surface area contributed by atoms with Crippen molar-refractivity contribution >= 4 is 11.3 Å². The molecule has 0 aliphatic rings. The molecule has 17 heavy (non-hydrogen) atoms. The third kappa shape index (κ3) is 2.41. The second-order valence-corrected chi connectivity index (χ2v) is 4.80. The van der Waals surface area contributed by atoms with Crippen molar-refractivity contribution in [2.75, 3.05) is 0 Å². The first-order chi connectivity index (χ1) is 7.88. The summed E-state index contributed by atoms with van der Waals surface area (Å²) in [5.74, 6) is 0. The molecule has 1 aromatic carbocycles. The standard InChI is InChI=1S/C11H9F3N2S/c1-7-6-16(10(15)17-7)9-4-2-8(3-5-9)11(12,13)14/h2-6,15H,1H3. The van der Waals surface area contributed by atoms with E-state index in [0.717, 1.165) is 17.0 Å². The minimum Gasteiger partial charge on any atom is -0.293 e. The van der Waals surface area contributed by atoms with E-state index in [1.54, 1.807) is 10.8 Å². The van der Waals surface area contributed by atoms with Crippen molar-refractivity contribution in [3.63, 3.8) is 0 Å². The van der Waals surface area contributed by atoms with Crippen molar-refractivity contribution in [3.05, 3.63) is 45.7 Å². The molecule has 0 aliphatic carbocycles. The van der Waals surface area contributed by atoms with E-state index in [0.29, 0.717) is 10.5 Å². The van der Waals surface area contributed by atoms with E-state index in [-0.39, 0.29) is 0 Å². The van der Waals surface area contributed by atoms with Crippen LogP contribution in [0, 0.1) is 12.3 Å². The lowest BCUT2D eigenvalue weighted by Crippen LogP contribution is -2.10. The van der Waals surface area contributed by atoms with E-state index in [4.69, 9.17) is 5.41 Å².